The van der Waals surface area contributed by atoms with E-state index in [2.05, 4.69) is 23.6 Å². The number of carbonyl (C=O) groups excluding carboxylic acids is 1. The van der Waals surface area contributed by atoms with E-state index in [1.54, 1.807) is 24.3 Å². The van der Waals surface area contributed by atoms with Crippen LogP contribution < -0.4 is 11.3 Å². The fourth-order valence-electron chi connectivity index (χ4n) is 3.94. The largest absolute Gasteiger partial charge is 0.490 e. The third-order valence-corrected chi connectivity index (χ3v) is 11.1. The topological polar surface area (TPSA) is 285 Å². The normalized spacial score (nSPS) is 21.8. The van der Waals surface area contributed by atoms with Gasteiger partial charge in [0.1, 0.15) is 18.4 Å². The summed E-state index contributed by atoms with van der Waals surface area (Å²) in [5.74, 6) is -0.498. The highest BCUT2D eigenvalue weighted by Crippen LogP contribution is 2.66. The number of anilines is 1. The van der Waals surface area contributed by atoms with Crippen molar-refractivity contribution in [1.82, 2.24) is 19.5 Å². The molecular weight excluding hydrogens is 679 g/mol. The number of H-pyrrole nitrogens is 1. The summed E-state index contributed by atoms with van der Waals surface area (Å²) >= 11 is 0. The lowest BCUT2D eigenvalue weighted by atomic mass is 10.1. The number of nitrogens with two attached hydrogens (primary N) is 1. The fourth-order valence-corrected chi connectivity index (χ4v) is 8.20. The Kier molecular flexibility index (Phi) is 10.6. The van der Waals surface area contributed by atoms with E-state index < -0.39 is 60.0 Å². The van der Waals surface area contributed by atoms with Gasteiger partial charge in [0.15, 0.2) is 11.2 Å². The van der Waals surface area contributed by atoms with Gasteiger partial charge in [-0.05, 0) is 17.9 Å². The molecule has 3 aromatic rings. The highest BCUT2D eigenvalue weighted by molar-refractivity contribution is 8.76. The summed E-state index contributed by atoms with van der Waals surface area (Å²) in [5, 5.41) is 0. The predicted molar refractivity (Wildman–Crippen MR) is 151 cm³/mol. The van der Waals surface area contributed by atoms with Gasteiger partial charge in [-0.1, -0.05) is 39.8 Å². The number of phosphoric acid groups is 3. The van der Waals surface area contributed by atoms with Crippen molar-refractivity contribution in [3.63, 3.8) is 0 Å². The van der Waals surface area contributed by atoms with Gasteiger partial charge in [-0.3, -0.25) is 18.9 Å². The summed E-state index contributed by atoms with van der Waals surface area (Å²) in [7, 11) is -13.9. The van der Waals surface area contributed by atoms with Crippen LogP contribution in [0.2, 0.25) is 0 Å². The highest BCUT2D eigenvalue weighted by Gasteiger charge is 2.44. The SMILES string of the molecule is CSSCc1ccccc1C(=O)OC1C[C@H](n2cnc3c(=O)[nH]c(N)nc32)O[C@@H]1COP(=O)(O)OP(=O)(O)OP(=O)(O)O. The highest BCUT2D eigenvalue weighted by atomic mass is 33.1. The van der Waals surface area contributed by atoms with E-state index in [4.69, 9.17) is 29.5 Å². The molecule has 0 spiro atoms. The lowest BCUT2D eigenvalue weighted by Crippen LogP contribution is -2.31. The van der Waals surface area contributed by atoms with E-state index in [9.17, 15) is 33.1 Å². The molecule has 1 aliphatic rings. The Hall–Kier alpha value is -2.09. The minimum Gasteiger partial charge on any atom is -0.456 e. The average molecular weight is 703 g/mol. The van der Waals surface area contributed by atoms with Crippen LogP contribution in [0.1, 0.15) is 28.6 Å². The second-order valence-corrected chi connectivity index (χ2v) is 15.5. The van der Waals surface area contributed by atoms with Gasteiger partial charge in [-0.25, -0.2) is 23.5 Å². The number of rotatable bonds is 13. The van der Waals surface area contributed by atoms with Gasteiger partial charge in [-0.2, -0.15) is 13.6 Å². The molecule has 1 saturated heterocycles. The number of imidazole rings is 1. The second kappa shape index (κ2) is 13.5. The molecule has 43 heavy (non-hydrogen) atoms. The number of hydrogen-bond acceptors (Lipinski definition) is 15. The third-order valence-electron chi connectivity index (χ3n) is 5.59. The summed E-state index contributed by atoms with van der Waals surface area (Å²) in [5.41, 5.74) is 5.87. The molecule has 0 saturated carbocycles. The lowest BCUT2D eigenvalue weighted by Gasteiger charge is -2.21. The number of ether oxygens (including phenoxy) is 2. The molecule has 4 rings (SSSR count). The molecule has 0 radical (unpaired) electrons. The minimum atomic E-state index is -5.77. The van der Waals surface area contributed by atoms with Gasteiger partial charge in [0.2, 0.25) is 5.95 Å². The van der Waals surface area contributed by atoms with Crippen molar-refractivity contribution in [3.05, 3.63) is 52.1 Å². The number of aromatic nitrogens is 4. The molecule has 1 fully saturated rings. The number of nitrogen functional groups attached to an aromatic ring is 1. The zero-order valence-corrected chi connectivity index (χ0v) is 26.0. The molecular formula is C19H24N5O14P3S2. The van der Waals surface area contributed by atoms with Crippen LogP contribution in [0.4, 0.5) is 5.95 Å². The lowest BCUT2D eigenvalue weighted by molar-refractivity contribution is -0.0490. The molecule has 2 aromatic heterocycles. The van der Waals surface area contributed by atoms with Gasteiger partial charge in [0.05, 0.1) is 18.5 Å². The van der Waals surface area contributed by atoms with E-state index in [1.807, 2.05) is 6.26 Å². The van der Waals surface area contributed by atoms with Crippen LogP contribution in [0.15, 0.2) is 35.4 Å². The zero-order chi connectivity index (χ0) is 31.6. The summed E-state index contributed by atoms with van der Waals surface area (Å²) in [6.07, 6.45) is -0.563. The van der Waals surface area contributed by atoms with Crippen LogP contribution in [0.3, 0.4) is 0 Å². The van der Waals surface area contributed by atoms with Crippen molar-refractivity contribution < 1.29 is 60.7 Å². The molecule has 236 valence electrons. The molecule has 3 heterocycles. The first-order valence-corrected chi connectivity index (χ1v) is 18.9. The Balaban J connectivity index is 1.58. The first-order valence-electron chi connectivity index (χ1n) is 11.7. The first-order chi connectivity index (χ1) is 20.1. The number of aromatic amines is 1. The number of fused-ring (bicyclic) bond motifs is 1. The summed E-state index contributed by atoms with van der Waals surface area (Å²) in [4.78, 5) is 72.6. The number of carbonyl (C=O) groups is 1. The molecule has 7 N–H and O–H groups in total. The number of hydrogen-bond donors (Lipinski definition) is 6. The van der Waals surface area contributed by atoms with Crippen molar-refractivity contribution >= 4 is 68.1 Å². The van der Waals surface area contributed by atoms with Crippen molar-refractivity contribution in [3.8, 4) is 0 Å². The molecule has 1 aromatic carbocycles. The van der Waals surface area contributed by atoms with Gasteiger partial charge >= 0.3 is 29.4 Å². The number of benzene rings is 1. The monoisotopic (exact) mass is 703 g/mol. The van der Waals surface area contributed by atoms with Crippen LogP contribution in [0.5, 0.6) is 0 Å². The van der Waals surface area contributed by atoms with Crippen molar-refractivity contribution in [2.24, 2.45) is 0 Å². The Morgan fingerprint density at radius 3 is 2.60 bits per heavy atom. The van der Waals surface area contributed by atoms with Crippen LogP contribution in [-0.4, -0.2) is 70.1 Å². The molecule has 0 aliphatic carbocycles. The minimum absolute atomic E-state index is 0.0179. The van der Waals surface area contributed by atoms with Crippen molar-refractivity contribution in [2.45, 2.75) is 30.6 Å². The maximum absolute atomic E-state index is 13.2. The first kappa shape index (κ1) is 33.8. The molecule has 1 aliphatic heterocycles. The Morgan fingerprint density at radius 1 is 1.19 bits per heavy atom. The van der Waals surface area contributed by atoms with E-state index in [-0.39, 0.29) is 29.1 Å². The van der Waals surface area contributed by atoms with E-state index in [0.29, 0.717) is 11.3 Å². The third kappa shape index (κ3) is 8.98. The van der Waals surface area contributed by atoms with E-state index in [1.165, 1.54) is 32.5 Å². The number of nitrogens with one attached hydrogen (secondary N) is 1. The molecule has 0 amide bonds. The van der Waals surface area contributed by atoms with E-state index >= 15 is 0 Å². The Bertz CT molecular complexity index is 1700. The summed E-state index contributed by atoms with van der Waals surface area (Å²) in [6.45, 7) is -0.898. The molecule has 3 unspecified atom stereocenters. The van der Waals surface area contributed by atoms with Gasteiger partial charge < -0.3 is 34.8 Å². The average Bonchev–Trinajstić information content (AvgIpc) is 3.48. The Labute approximate surface area is 249 Å². The molecule has 5 atom stereocenters. The van der Waals surface area contributed by atoms with Gasteiger partial charge in [0, 0.05) is 12.2 Å². The molecule has 0 bridgehead atoms. The second-order valence-electron chi connectivity index (χ2n) is 8.56. The van der Waals surface area contributed by atoms with Crippen LogP contribution >= 0.6 is 45.1 Å². The van der Waals surface area contributed by atoms with Crippen molar-refractivity contribution in [2.75, 3.05) is 18.6 Å². The van der Waals surface area contributed by atoms with Crippen LogP contribution in [-0.2, 0) is 42.1 Å². The fraction of sp³-hybridized carbons (Fsp3) is 0.368. The van der Waals surface area contributed by atoms with Crippen molar-refractivity contribution in [1.29, 1.82) is 0 Å². The smallest absolute Gasteiger partial charge is 0.456 e. The zero-order valence-electron chi connectivity index (χ0n) is 21.7. The van der Waals surface area contributed by atoms with Gasteiger partial charge in [-0.15, -0.1) is 0 Å². The predicted octanol–water partition coefficient (Wildman–Crippen LogP) is 2.07. The number of phosphoric ester groups is 1. The Morgan fingerprint density at radius 2 is 1.91 bits per heavy atom. The molecule has 19 nitrogen and oxygen atoms in total. The number of nitrogens with zero attached hydrogens (tertiary/aromatic N) is 3. The quantitative estimate of drug-likeness (QED) is 0.0843. The summed E-state index contributed by atoms with van der Waals surface area (Å²) < 4.78 is 60.0. The summed E-state index contributed by atoms with van der Waals surface area (Å²) in [6, 6.07) is 6.68. The molecule has 24 heteroatoms. The van der Waals surface area contributed by atoms with Gasteiger partial charge in [0.25, 0.3) is 5.56 Å². The number of esters is 1. The van der Waals surface area contributed by atoms with Crippen LogP contribution in [0.25, 0.3) is 11.2 Å². The van der Waals surface area contributed by atoms with E-state index in [0.717, 1.165) is 0 Å². The van der Waals surface area contributed by atoms with Crippen LogP contribution in [0, 0.1) is 0 Å². The maximum atomic E-state index is 13.2. The maximum Gasteiger partial charge on any atom is 0.490 e. The standard InChI is InChI=1S/C19H24N5O14P3S2/c1-42-43-8-10-4-2-3-5-11(10)18(26)36-12-6-14(24-9-21-15-16(24)22-19(20)23-17(15)25)35-13(12)7-34-40(30,31)38-41(32,33)37-39(27,28)29/h2-5,9,12-14H,6-8H2,1H3,(H,30,31)(H,32,33)(H2,27,28,29)(H3,20,22,23,25)/t12?,13-,14-/m1/s1.